The van der Waals surface area contributed by atoms with E-state index in [2.05, 4.69) is 42.3 Å². The minimum absolute atomic E-state index is 0.0925. The van der Waals surface area contributed by atoms with E-state index in [0.29, 0.717) is 18.5 Å². The summed E-state index contributed by atoms with van der Waals surface area (Å²) < 4.78 is 11.3. The van der Waals surface area contributed by atoms with Gasteiger partial charge in [0.15, 0.2) is 5.96 Å². The van der Waals surface area contributed by atoms with Gasteiger partial charge in [0.05, 0.1) is 13.7 Å². The molecule has 3 N–H and O–H groups in total. The summed E-state index contributed by atoms with van der Waals surface area (Å²) in [5, 5.41) is 3.36. The fourth-order valence-corrected chi connectivity index (χ4v) is 4.57. The van der Waals surface area contributed by atoms with E-state index in [9.17, 15) is 0 Å². The normalized spacial score (nSPS) is 23.0. The molecule has 1 atom stereocenters. The number of likely N-dealkylation sites (tertiary alicyclic amines) is 1. The van der Waals surface area contributed by atoms with Crippen molar-refractivity contribution in [3.63, 3.8) is 0 Å². The van der Waals surface area contributed by atoms with Crippen LogP contribution in [0, 0.1) is 6.92 Å². The number of nitrogens with one attached hydrogen (secondary N) is 1. The maximum atomic E-state index is 6.25. The van der Waals surface area contributed by atoms with Gasteiger partial charge in [-0.25, -0.2) is 0 Å². The zero-order valence-electron chi connectivity index (χ0n) is 17.7. The largest absolute Gasteiger partial charge is 0.496 e. The van der Waals surface area contributed by atoms with Gasteiger partial charge in [-0.15, -0.1) is 0 Å². The molecule has 0 radical (unpaired) electrons. The van der Waals surface area contributed by atoms with E-state index >= 15 is 0 Å². The average molecular weight is 389 g/mol. The number of ether oxygens (including phenoxy) is 2. The number of aryl methyl sites for hydroxylation is 1. The zero-order chi connectivity index (χ0) is 20.0. The predicted molar refractivity (Wildman–Crippen MR) is 114 cm³/mol. The average Bonchev–Trinajstić information content (AvgIpc) is 3.19. The van der Waals surface area contributed by atoms with Crippen LogP contribution in [-0.2, 0) is 10.2 Å². The van der Waals surface area contributed by atoms with Crippen LogP contribution in [-0.4, -0.2) is 63.4 Å². The van der Waals surface area contributed by atoms with Gasteiger partial charge in [-0.2, -0.15) is 0 Å². The number of aliphatic imine (C=N–C) groups is 1. The minimum Gasteiger partial charge on any atom is -0.496 e. The van der Waals surface area contributed by atoms with Gasteiger partial charge in [0.2, 0.25) is 0 Å². The van der Waals surface area contributed by atoms with Crippen LogP contribution in [0.25, 0.3) is 0 Å². The summed E-state index contributed by atoms with van der Waals surface area (Å²) in [6.45, 7) is 9.64. The Balaban J connectivity index is 1.72. The van der Waals surface area contributed by atoms with Crippen molar-refractivity contribution in [1.82, 2.24) is 10.2 Å². The fraction of sp³-hybridized carbons (Fsp3) is 0.682. The first-order valence-corrected chi connectivity index (χ1v) is 10.6. The molecule has 1 unspecified atom stereocenters. The van der Waals surface area contributed by atoms with E-state index in [0.717, 1.165) is 44.9 Å². The van der Waals surface area contributed by atoms with Crippen LogP contribution in [0.5, 0.6) is 5.75 Å². The zero-order valence-corrected chi connectivity index (χ0v) is 17.7. The van der Waals surface area contributed by atoms with Crippen LogP contribution in [0.2, 0.25) is 0 Å². The minimum atomic E-state index is -0.0925. The highest BCUT2D eigenvalue weighted by Gasteiger charge is 2.37. The predicted octanol–water partition coefficient (Wildman–Crippen LogP) is 2.44. The smallest absolute Gasteiger partial charge is 0.188 e. The Morgan fingerprint density at radius 3 is 2.89 bits per heavy atom. The fourth-order valence-electron chi connectivity index (χ4n) is 4.57. The molecular formula is C22H36N4O2. The van der Waals surface area contributed by atoms with Gasteiger partial charge in [-0.3, -0.25) is 9.89 Å². The lowest BCUT2D eigenvalue weighted by Crippen LogP contribution is -2.44. The number of methoxy groups -OCH3 is 1. The molecule has 6 heteroatoms. The standard InChI is InChI=1S/C22H36N4O2/c1-4-26-11-5-6-18(26)15-24-21(23)25-16-22(9-12-28-13-10-22)19-14-17(2)7-8-20(19)27-3/h7-8,14,18H,4-6,9-13,15-16H2,1-3H3,(H3,23,24,25). The maximum Gasteiger partial charge on any atom is 0.188 e. The molecule has 6 nitrogen and oxygen atoms in total. The van der Waals surface area contributed by atoms with Crippen LogP contribution >= 0.6 is 0 Å². The van der Waals surface area contributed by atoms with Crippen molar-refractivity contribution >= 4 is 5.96 Å². The second-order valence-corrected chi connectivity index (χ2v) is 8.10. The third kappa shape index (κ3) is 4.78. The lowest BCUT2D eigenvalue weighted by molar-refractivity contribution is 0.0522. The molecule has 0 aliphatic carbocycles. The van der Waals surface area contributed by atoms with E-state index in [1.807, 2.05) is 0 Å². The summed E-state index contributed by atoms with van der Waals surface area (Å²) in [5.74, 6) is 1.47. The van der Waals surface area contributed by atoms with Crippen molar-refractivity contribution in [1.29, 1.82) is 0 Å². The number of nitrogens with zero attached hydrogens (tertiary/aromatic N) is 2. The molecule has 156 valence electrons. The molecule has 1 aromatic rings. The van der Waals surface area contributed by atoms with Gasteiger partial charge in [0.1, 0.15) is 5.75 Å². The Morgan fingerprint density at radius 2 is 2.18 bits per heavy atom. The molecule has 2 aliphatic rings. The van der Waals surface area contributed by atoms with E-state index in [1.54, 1.807) is 7.11 Å². The second kappa shape index (κ2) is 9.61. The van der Waals surface area contributed by atoms with Crippen molar-refractivity contribution in [3.8, 4) is 5.75 Å². The van der Waals surface area contributed by atoms with Crippen molar-refractivity contribution < 1.29 is 9.47 Å². The Kier molecular flexibility index (Phi) is 7.18. The lowest BCUT2D eigenvalue weighted by Gasteiger charge is -2.37. The van der Waals surface area contributed by atoms with Crippen molar-refractivity contribution in [3.05, 3.63) is 29.3 Å². The van der Waals surface area contributed by atoms with E-state index in [4.69, 9.17) is 20.2 Å². The molecule has 2 saturated heterocycles. The van der Waals surface area contributed by atoms with Crippen LogP contribution in [0.15, 0.2) is 23.2 Å². The van der Waals surface area contributed by atoms with Gasteiger partial charge in [-0.1, -0.05) is 24.6 Å². The first kappa shape index (κ1) is 20.9. The quantitative estimate of drug-likeness (QED) is 0.554. The Morgan fingerprint density at radius 1 is 1.39 bits per heavy atom. The summed E-state index contributed by atoms with van der Waals surface area (Å²) in [5.41, 5.74) is 8.62. The maximum absolute atomic E-state index is 6.25. The first-order chi connectivity index (χ1) is 13.6. The van der Waals surface area contributed by atoms with Crippen LogP contribution in [0.1, 0.15) is 43.7 Å². The highest BCUT2D eigenvalue weighted by atomic mass is 16.5. The SMILES string of the molecule is CCN1CCCC1CNC(N)=NCC1(c2cc(C)ccc2OC)CCOCC1. The first-order valence-electron chi connectivity index (χ1n) is 10.6. The summed E-state index contributed by atoms with van der Waals surface area (Å²) >= 11 is 0. The van der Waals surface area contributed by atoms with Gasteiger partial charge in [0.25, 0.3) is 0 Å². The molecule has 0 spiro atoms. The molecule has 28 heavy (non-hydrogen) atoms. The molecule has 1 aromatic carbocycles. The van der Waals surface area contributed by atoms with Crippen LogP contribution in [0.3, 0.4) is 0 Å². The Labute approximate surface area is 169 Å². The molecule has 2 heterocycles. The molecule has 0 aromatic heterocycles. The van der Waals surface area contributed by atoms with E-state index in [1.165, 1.54) is 30.5 Å². The van der Waals surface area contributed by atoms with Gasteiger partial charge >= 0.3 is 0 Å². The molecule has 3 rings (SSSR count). The monoisotopic (exact) mass is 388 g/mol. The van der Waals surface area contributed by atoms with E-state index in [-0.39, 0.29) is 5.41 Å². The molecule has 2 fully saturated rings. The third-order valence-electron chi connectivity index (χ3n) is 6.35. The van der Waals surface area contributed by atoms with Gasteiger partial charge in [-0.05, 0) is 51.8 Å². The lowest BCUT2D eigenvalue weighted by atomic mass is 9.73. The number of rotatable bonds is 7. The molecular weight excluding hydrogens is 352 g/mol. The Bertz CT molecular complexity index is 671. The number of nitrogens with two attached hydrogens (primary N) is 1. The molecule has 0 amide bonds. The summed E-state index contributed by atoms with van der Waals surface area (Å²) in [6.07, 6.45) is 4.36. The summed E-state index contributed by atoms with van der Waals surface area (Å²) in [6, 6.07) is 6.95. The van der Waals surface area contributed by atoms with Gasteiger partial charge in [0, 0.05) is 36.8 Å². The Hall–Kier alpha value is -1.79. The van der Waals surface area contributed by atoms with Crippen molar-refractivity contribution in [2.24, 2.45) is 10.7 Å². The second-order valence-electron chi connectivity index (χ2n) is 8.10. The highest BCUT2D eigenvalue weighted by Crippen LogP contribution is 2.40. The van der Waals surface area contributed by atoms with Crippen LogP contribution in [0.4, 0.5) is 0 Å². The van der Waals surface area contributed by atoms with Gasteiger partial charge < -0.3 is 20.5 Å². The molecule has 0 bridgehead atoms. The summed E-state index contributed by atoms with van der Waals surface area (Å²) in [4.78, 5) is 7.28. The number of likely N-dealkylation sites (N-methyl/N-ethyl adjacent to an activating group) is 1. The topological polar surface area (TPSA) is 72.1 Å². The summed E-state index contributed by atoms with van der Waals surface area (Å²) in [7, 11) is 1.74. The molecule has 2 aliphatic heterocycles. The third-order valence-corrected chi connectivity index (χ3v) is 6.35. The van der Waals surface area contributed by atoms with E-state index < -0.39 is 0 Å². The van der Waals surface area contributed by atoms with Crippen LogP contribution < -0.4 is 15.8 Å². The number of guanidine groups is 1. The van der Waals surface area contributed by atoms with Crippen molar-refractivity contribution in [2.45, 2.75) is 51.0 Å². The number of hydrogen-bond donors (Lipinski definition) is 2. The highest BCUT2D eigenvalue weighted by molar-refractivity contribution is 5.78. The number of hydrogen-bond acceptors (Lipinski definition) is 4. The molecule has 0 saturated carbocycles. The van der Waals surface area contributed by atoms with Crippen molar-refractivity contribution in [2.75, 3.05) is 46.5 Å². The number of benzene rings is 1.